The fourth-order valence-corrected chi connectivity index (χ4v) is 3.17. The van der Waals surface area contributed by atoms with Gasteiger partial charge in [-0.3, -0.25) is 4.18 Å². The molecule has 0 bridgehead atoms. The summed E-state index contributed by atoms with van der Waals surface area (Å²) in [5, 5.41) is 13.5. The van der Waals surface area contributed by atoms with Gasteiger partial charge in [-0.05, 0) is 24.4 Å². The summed E-state index contributed by atoms with van der Waals surface area (Å²) < 4.78 is 33.9. The van der Waals surface area contributed by atoms with Gasteiger partial charge in [-0.15, -0.1) is 0 Å². The maximum absolute atomic E-state index is 12.2. The summed E-state index contributed by atoms with van der Waals surface area (Å²) in [6, 6.07) is 9.03. The average molecular weight is 399 g/mol. The number of benzene rings is 1. The van der Waals surface area contributed by atoms with E-state index >= 15 is 0 Å². The number of azide groups is 1. The molecule has 0 unspecified atom stereocenters. The van der Waals surface area contributed by atoms with Crippen LogP contribution in [-0.2, 0) is 23.8 Å². The van der Waals surface area contributed by atoms with Gasteiger partial charge in [0, 0.05) is 16.9 Å². The summed E-state index contributed by atoms with van der Waals surface area (Å²) in [4.78, 5) is 14.8. The third-order valence-corrected chi connectivity index (χ3v) is 5.12. The van der Waals surface area contributed by atoms with Crippen LogP contribution in [0, 0.1) is 5.41 Å². The second kappa shape index (κ2) is 10.3. The second-order valence-corrected chi connectivity index (χ2v) is 8.47. The Hall–Kier alpha value is -2.13. The highest BCUT2D eigenvalue weighted by atomic mass is 32.2. The number of aliphatic hydroxyl groups excluding tert-OH is 1. The van der Waals surface area contributed by atoms with Crippen LogP contribution in [0.15, 0.2) is 35.4 Å². The number of hydrogen-bond donors (Lipinski definition) is 1. The molecule has 1 aromatic rings. The van der Waals surface area contributed by atoms with Crippen LogP contribution in [0.25, 0.3) is 10.4 Å². The zero-order chi connectivity index (χ0) is 20.5. The Morgan fingerprint density at radius 1 is 1.33 bits per heavy atom. The number of ether oxygens (including phenoxy) is 1. The third-order valence-electron chi connectivity index (χ3n) is 3.85. The third kappa shape index (κ3) is 7.96. The van der Waals surface area contributed by atoms with Crippen LogP contribution < -0.4 is 0 Å². The van der Waals surface area contributed by atoms with Gasteiger partial charge in [-0.25, -0.2) is 4.79 Å². The van der Waals surface area contributed by atoms with E-state index in [9.17, 15) is 18.3 Å². The average Bonchev–Trinajstić information content (AvgIpc) is 2.64. The van der Waals surface area contributed by atoms with Crippen LogP contribution in [0.5, 0.6) is 0 Å². The van der Waals surface area contributed by atoms with Crippen LogP contribution >= 0.6 is 0 Å². The van der Waals surface area contributed by atoms with Crippen LogP contribution in [0.3, 0.4) is 0 Å². The van der Waals surface area contributed by atoms with Gasteiger partial charge < -0.3 is 9.84 Å². The molecule has 0 aliphatic rings. The van der Waals surface area contributed by atoms with Crippen molar-refractivity contribution in [2.24, 2.45) is 10.5 Å². The monoisotopic (exact) mass is 399 g/mol. The Balaban J connectivity index is 2.59. The molecule has 0 fully saturated rings. The summed E-state index contributed by atoms with van der Waals surface area (Å²) in [6.07, 6.45) is -2.01. The number of esters is 1. The van der Waals surface area contributed by atoms with Gasteiger partial charge in [0.05, 0.1) is 12.4 Å². The maximum atomic E-state index is 12.2. The van der Waals surface area contributed by atoms with Gasteiger partial charge >= 0.3 is 5.97 Å². The summed E-state index contributed by atoms with van der Waals surface area (Å²) in [5.74, 6) is -1.19. The first-order valence-corrected chi connectivity index (χ1v) is 9.98. The van der Waals surface area contributed by atoms with Crippen molar-refractivity contribution in [3.8, 4) is 0 Å². The molecule has 2 atom stereocenters. The van der Waals surface area contributed by atoms with E-state index in [4.69, 9.17) is 14.5 Å². The Kier molecular flexibility index (Phi) is 8.71. The van der Waals surface area contributed by atoms with Crippen LogP contribution in [0.2, 0.25) is 0 Å². The molecular weight excluding hydrogens is 374 g/mol. The molecule has 0 heterocycles. The number of carbonyl (C=O) groups excluding carboxylic acids is 1. The molecule has 0 saturated carbocycles. The molecule has 0 spiro atoms. The van der Waals surface area contributed by atoms with Crippen molar-refractivity contribution in [3.05, 3.63) is 46.3 Å². The Bertz CT molecular complexity index is 760. The van der Waals surface area contributed by atoms with Crippen molar-refractivity contribution in [2.75, 3.05) is 18.9 Å². The molecule has 1 rings (SSSR count). The van der Waals surface area contributed by atoms with Crippen LogP contribution in [0.4, 0.5) is 0 Å². The fourth-order valence-electron chi connectivity index (χ4n) is 2.09. The predicted octanol–water partition coefficient (Wildman–Crippen LogP) is 2.72. The topological polar surface area (TPSA) is 139 Å². The standard InChI is InChI=1S/C17H25N3O6S/c1-13(14-8-5-4-6-9-14)26-16(22)15(21)17(2,3)12-25-27(23,24)11-7-10-19-20-18/h4-6,8-9,13,15,21H,7,10-12H2,1-3H3/t13-,15-/m0/s1. The minimum atomic E-state index is -3.87. The SMILES string of the molecule is C[C@H](OC(=O)[C@H](O)C(C)(C)COS(=O)(=O)CCCN=[N+]=[N-])c1ccccc1. The summed E-state index contributed by atoms with van der Waals surface area (Å²) in [6.45, 7) is 4.32. The van der Waals surface area contributed by atoms with Gasteiger partial charge in [0.25, 0.3) is 10.1 Å². The highest BCUT2D eigenvalue weighted by Gasteiger charge is 2.37. The minimum Gasteiger partial charge on any atom is -0.456 e. The number of aliphatic hydroxyl groups is 1. The van der Waals surface area contributed by atoms with E-state index in [0.29, 0.717) is 0 Å². The molecule has 10 heteroatoms. The molecule has 0 aromatic heterocycles. The first-order valence-electron chi connectivity index (χ1n) is 8.40. The van der Waals surface area contributed by atoms with Gasteiger partial charge in [-0.2, -0.15) is 8.42 Å². The normalized spacial score (nSPS) is 14.1. The van der Waals surface area contributed by atoms with Crippen molar-refractivity contribution in [1.82, 2.24) is 0 Å². The molecule has 0 aliphatic carbocycles. The van der Waals surface area contributed by atoms with E-state index in [0.717, 1.165) is 5.56 Å². The highest BCUT2D eigenvalue weighted by Crippen LogP contribution is 2.26. The largest absolute Gasteiger partial charge is 0.456 e. The number of carbonyl (C=O) groups is 1. The van der Waals surface area contributed by atoms with Crippen molar-refractivity contribution in [3.63, 3.8) is 0 Å². The first-order chi connectivity index (χ1) is 12.6. The summed E-state index contributed by atoms with van der Waals surface area (Å²) in [5.41, 5.74) is 7.74. The van der Waals surface area contributed by atoms with Crippen molar-refractivity contribution in [2.45, 2.75) is 39.4 Å². The lowest BCUT2D eigenvalue weighted by Crippen LogP contribution is -2.41. The molecule has 150 valence electrons. The molecule has 1 N–H and O–H groups in total. The van der Waals surface area contributed by atoms with Gasteiger partial charge in [-0.1, -0.05) is 49.3 Å². The lowest BCUT2D eigenvalue weighted by Gasteiger charge is -2.29. The Labute approximate surface area is 159 Å². The van der Waals surface area contributed by atoms with E-state index in [1.807, 2.05) is 6.07 Å². The van der Waals surface area contributed by atoms with E-state index in [2.05, 4.69) is 10.0 Å². The Morgan fingerprint density at radius 3 is 2.56 bits per heavy atom. The zero-order valence-electron chi connectivity index (χ0n) is 15.6. The van der Waals surface area contributed by atoms with Crippen LogP contribution in [-0.4, -0.2) is 44.5 Å². The molecule has 27 heavy (non-hydrogen) atoms. The predicted molar refractivity (Wildman–Crippen MR) is 99.1 cm³/mol. The lowest BCUT2D eigenvalue weighted by molar-refractivity contribution is -0.166. The van der Waals surface area contributed by atoms with Crippen molar-refractivity contribution in [1.29, 1.82) is 0 Å². The molecule has 0 aliphatic heterocycles. The molecule has 0 saturated heterocycles. The van der Waals surface area contributed by atoms with Gasteiger partial charge in [0.2, 0.25) is 0 Å². The van der Waals surface area contributed by atoms with Crippen molar-refractivity contribution < 1.29 is 27.2 Å². The van der Waals surface area contributed by atoms with E-state index in [-0.39, 0.29) is 18.7 Å². The number of hydrogen-bond acceptors (Lipinski definition) is 7. The van der Waals surface area contributed by atoms with E-state index < -0.39 is 40.3 Å². The first kappa shape index (κ1) is 22.9. The number of rotatable bonds is 11. The quantitative estimate of drug-likeness (QED) is 0.152. The molecule has 1 aromatic carbocycles. The zero-order valence-corrected chi connectivity index (χ0v) is 16.4. The maximum Gasteiger partial charge on any atom is 0.336 e. The van der Waals surface area contributed by atoms with E-state index in [1.165, 1.54) is 13.8 Å². The smallest absolute Gasteiger partial charge is 0.336 e. The molecule has 0 amide bonds. The van der Waals surface area contributed by atoms with Crippen molar-refractivity contribution >= 4 is 16.1 Å². The number of nitrogens with zero attached hydrogens (tertiary/aromatic N) is 3. The molecule has 0 radical (unpaired) electrons. The van der Waals surface area contributed by atoms with Crippen LogP contribution in [0.1, 0.15) is 38.9 Å². The molecule has 9 nitrogen and oxygen atoms in total. The lowest BCUT2D eigenvalue weighted by atomic mass is 9.87. The summed E-state index contributed by atoms with van der Waals surface area (Å²) >= 11 is 0. The molecular formula is C17H25N3O6S. The van der Waals surface area contributed by atoms with E-state index in [1.54, 1.807) is 31.2 Å². The van der Waals surface area contributed by atoms with Gasteiger partial charge in [0.1, 0.15) is 6.10 Å². The Morgan fingerprint density at radius 2 is 1.96 bits per heavy atom. The second-order valence-electron chi connectivity index (χ2n) is 6.71. The summed E-state index contributed by atoms with van der Waals surface area (Å²) in [7, 11) is -3.87. The highest BCUT2D eigenvalue weighted by molar-refractivity contribution is 7.86. The fraction of sp³-hybridized carbons (Fsp3) is 0.588. The van der Waals surface area contributed by atoms with Gasteiger partial charge in [0.15, 0.2) is 6.10 Å². The minimum absolute atomic E-state index is 0.0365.